The van der Waals surface area contributed by atoms with E-state index in [2.05, 4.69) is 138 Å². The molecule has 5 rings (SSSR count). The summed E-state index contributed by atoms with van der Waals surface area (Å²) in [6.07, 6.45) is 21.3. The predicted molar refractivity (Wildman–Crippen MR) is 324 cm³/mol. The Morgan fingerprint density at radius 1 is 0.481 bits per heavy atom. The van der Waals surface area contributed by atoms with Crippen LogP contribution in [0.2, 0.25) is 0 Å². The van der Waals surface area contributed by atoms with Crippen molar-refractivity contribution in [2.24, 2.45) is 30.9 Å². The van der Waals surface area contributed by atoms with E-state index in [0.29, 0.717) is 12.0 Å². The second-order valence-corrected chi connectivity index (χ2v) is 19.0. The van der Waals surface area contributed by atoms with Gasteiger partial charge in [0.25, 0.3) is 0 Å². The van der Waals surface area contributed by atoms with E-state index in [0.717, 1.165) is 54.4 Å². The zero-order valence-electron chi connectivity index (χ0n) is 50.3. The number of allylic oxidation sites excluding steroid dienone is 5. The van der Waals surface area contributed by atoms with Gasteiger partial charge in [-0.3, -0.25) is 25.0 Å². The van der Waals surface area contributed by atoms with Gasteiger partial charge in [-0.1, -0.05) is 123 Å². The van der Waals surface area contributed by atoms with Crippen LogP contribution in [0.5, 0.6) is 0 Å². The number of aromatic nitrogens is 5. The van der Waals surface area contributed by atoms with E-state index >= 15 is 0 Å². The molecule has 0 aromatic carbocycles. The van der Waals surface area contributed by atoms with Crippen LogP contribution >= 0.6 is 0 Å². The molecule has 0 saturated carbocycles. The van der Waals surface area contributed by atoms with Gasteiger partial charge in [0.1, 0.15) is 0 Å². The maximum Gasteiger partial charge on any atom is 0.0523 e. The quantitative estimate of drug-likeness (QED) is 0.0531. The fourth-order valence-corrected chi connectivity index (χ4v) is 3.42. The van der Waals surface area contributed by atoms with E-state index in [1.807, 2.05) is 149 Å². The molecule has 0 fully saturated rings. The van der Waals surface area contributed by atoms with E-state index in [4.69, 9.17) is 0 Å². The van der Waals surface area contributed by atoms with Crippen molar-refractivity contribution in [3.8, 4) is 0 Å². The van der Waals surface area contributed by atoms with E-state index in [1.165, 1.54) is 34.3 Å². The molecule has 5 aromatic heterocycles. The molecule has 0 spiro atoms. The molecule has 0 aliphatic rings. The summed E-state index contributed by atoms with van der Waals surface area (Å²) in [7, 11) is 1.73. The summed E-state index contributed by atoms with van der Waals surface area (Å²) in [6.45, 7) is 56.2. The standard InChI is InChI=1S/4C9H13N2.C6H7N2.5C4H8.5Ni/c1-9(2,3)11-7-8-5-4-6-10-8;1-8(2)6-10-7-9-4-3-5-11-9;1-3-8(2)11-7-9-5-4-6-10-9;1-2-3-6-10-8-9-5-4-7-11-9;1-7-5-6-3-2-4-8-6;5*1-4(2)3;;;;;/h4-7H,1-3H3;3-5,7-8H,6H2,1-2H3;4-8H,3H2,1-2H3;4-5,7-8H,2-3,6H2,1H3;2-5H,1H3;5*1H2,2-3H3;;;;;/q5*-1;;;;;;;;;;. The van der Waals surface area contributed by atoms with E-state index in [-0.39, 0.29) is 88.0 Å². The van der Waals surface area contributed by atoms with Gasteiger partial charge in [0.15, 0.2) is 0 Å². The minimum Gasteiger partial charge on any atom is -0.663 e. The number of nitrogens with zero attached hydrogens (tertiary/aromatic N) is 10. The average molecular weight is 1280 g/mol. The molecule has 5 heterocycles. The SMILES string of the molecule is C=C(C)C.C=C(C)C.C=C(C)C.C=C(C)C.C=C(C)C.CC(C)(C)N=Cc1ccc[n-]1.CC(C)CN=Cc1ccc[n-]1.CCC(C)N=Cc1ccc[n-]1.CCCCN=Cc1ccc[n-]1.CN=Cc1ccc[n-]1.[Ni].[Ni].[Ni].[Ni].[Ni]. The zero-order valence-corrected chi connectivity index (χ0v) is 55.3. The first-order valence-electron chi connectivity index (χ1n) is 24.7. The molecule has 15 heteroatoms. The van der Waals surface area contributed by atoms with Crippen molar-refractivity contribution in [2.75, 3.05) is 20.1 Å². The van der Waals surface area contributed by atoms with Crippen LogP contribution in [0, 0.1) is 5.92 Å². The third-order valence-corrected chi connectivity index (χ3v) is 6.34. The van der Waals surface area contributed by atoms with Crippen molar-refractivity contribution in [3.05, 3.63) is 181 Å². The molecule has 0 aliphatic heterocycles. The van der Waals surface area contributed by atoms with E-state index in [9.17, 15) is 0 Å². The van der Waals surface area contributed by atoms with Crippen molar-refractivity contribution in [3.63, 3.8) is 0 Å². The molecule has 0 amide bonds. The number of hydrogen-bond acceptors (Lipinski definition) is 5. The summed E-state index contributed by atoms with van der Waals surface area (Å²) < 4.78 is 0. The molecular weight excluding hydrogens is 1180 g/mol. The summed E-state index contributed by atoms with van der Waals surface area (Å²) in [6, 6.07) is 19.6. The summed E-state index contributed by atoms with van der Waals surface area (Å²) in [4.78, 5) is 41.1. The molecule has 77 heavy (non-hydrogen) atoms. The van der Waals surface area contributed by atoms with Crippen LogP contribution < -0.4 is 24.9 Å². The van der Waals surface area contributed by atoms with Gasteiger partial charge in [0.2, 0.25) is 0 Å². The molecule has 10 nitrogen and oxygen atoms in total. The molecule has 1 unspecified atom stereocenters. The Morgan fingerprint density at radius 2 is 0.766 bits per heavy atom. The average Bonchev–Trinajstić information content (AvgIpc) is 4.12. The first-order valence-corrected chi connectivity index (χ1v) is 24.7. The summed E-state index contributed by atoms with van der Waals surface area (Å²) >= 11 is 0. The fourth-order valence-electron chi connectivity index (χ4n) is 3.42. The minimum atomic E-state index is -0.00104. The van der Waals surface area contributed by atoms with Crippen molar-refractivity contribution in [1.82, 2.24) is 24.9 Å². The first kappa shape index (κ1) is 95.3. The van der Waals surface area contributed by atoms with Crippen LogP contribution in [0.1, 0.15) is 172 Å². The molecule has 0 N–H and O–H groups in total. The fraction of sp³-hybridized carbons (Fsp3) is 0.435. The van der Waals surface area contributed by atoms with Gasteiger partial charge >= 0.3 is 0 Å². The minimum absolute atomic E-state index is 0. The molecule has 1 atom stereocenters. The Labute approximate surface area is 521 Å². The van der Waals surface area contributed by atoms with Gasteiger partial charge in [-0.15, -0.1) is 61.4 Å². The van der Waals surface area contributed by atoms with Crippen molar-refractivity contribution in [2.45, 2.75) is 155 Å². The van der Waals surface area contributed by atoms with Crippen molar-refractivity contribution >= 4 is 31.1 Å². The molecule has 0 bridgehead atoms. The van der Waals surface area contributed by atoms with E-state index in [1.54, 1.807) is 50.5 Å². The van der Waals surface area contributed by atoms with Gasteiger partial charge < -0.3 is 24.9 Å². The molecule has 452 valence electrons. The summed E-state index contributed by atoms with van der Waals surface area (Å²) in [5.41, 5.74) is 10.5. The maximum atomic E-state index is 4.31. The van der Waals surface area contributed by atoms with Crippen molar-refractivity contribution < 1.29 is 82.5 Å². The Morgan fingerprint density at radius 3 is 1.01 bits per heavy atom. The predicted octanol–water partition coefficient (Wildman–Crippen LogP) is 15.9. The number of unbranched alkanes of at least 4 members (excludes halogenated alkanes) is 1. The smallest absolute Gasteiger partial charge is 0.0523 e. The van der Waals surface area contributed by atoms with Crippen LogP contribution in [-0.4, -0.2) is 62.8 Å². The second-order valence-electron chi connectivity index (χ2n) is 19.0. The molecule has 5 aromatic rings. The third-order valence-electron chi connectivity index (χ3n) is 6.34. The molecule has 0 aliphatic carbocycles. The summed E-state index contributed by atoms with van der Waals surface area (Å²) in [5, 5.41) is 0. The van der Waals surface area contributed by atoms with Gasteiger partial charge in [-0.05, 0) is 116 Å². The monoisotopic (exact) mass is 1270 g/mol. The first-order chi connectivity index (χ1) is 33.7. The Bertz CT molecular complexity index is 2010. The number of aliphatic imine (C=N–C) groups is 5. The molecule has 0 saturated heterocycles. The van der Waals surface area contributed by atoms with Crippen LogP contribution in [0.3, 0.4) is 0 Å². The maximum absolute atomic E-state index is 4.31. The second kappa shape index (κ2) is 68.0. The Balaban J connectivity index is -0.0000000828. The van der Waals surface area contributed by atoms with Gasteiger partial charge in [0, 0.05) is 140 Å². The van der Waals surface area contributed by atoms with E-state index < -0.39 is 0 Å². The number of rotatable bonds is 12. The normalized spacial score (nSPS) is 9.82. The van der Waals surface area contributed by atoms with Crippen LogP contribution in [0.15, 0.2) is 177 Å². The number of hydrogen-bond donors (Lipinski definition) is 0. The van der Waals surface area contributed by atoms with Crippen LogP contribution in [0.25, 0.3) is 0 Å². The third kappa shape index (κ3) is 101. The topological polar surface area (TPSA) is 132 Å². The zero-order chi connectivity index (χ0) is 56.2. The Hall–Kier alpha value is -4.08. The van der Waals surface area contributed by atoms with Gasteiger partial charge in [-0.25, -0.2) is 0 Å². The van der Waals surface area contributed by atoms with Crippen LogP contribution in [0.4, 0.5) is 0 Å². The van der Waals surface area contributed by atoms with Gasteiger partial charge in [-0.2, -0.15) is 31.0 Å². The van der Waals surface area contributed by atoms with Crippen molar-refractivity contribution in [1.29, 1.82) is 0 Å². The molecule has 0 radical (unpaired) electrons. The van der Waals surface area contributed by atoms with Crippen LogP contribution in [-0.2, 0) is 82.5 Å². The van der Waals surface area contributed by atoms with Gasteiger partial charge in [0.05, 0.1) is 5.54 Å². The Kier molecular flexibility index (Phi) is 84.2. The summed E-state index contributed by atoms with van der Waals surface area (Å²) in [5.74, 6) is 0.626. The molecular formula is C62H99N10Ni5-5. The largest absolute Gasteiger partial charge is 0.663 e.